The number of nitrogens with one attached hydrogen (secondary N) is 2. The van der Waals surface area contributed by atoms with Gasteiger partial charge < -0.3 is 10.6 Å². The van der Waals surface area contributed by atoms with E-state index in [1.54, 1.807) is 11.8 Å². The highest BCUT2D eigenvalue weighted by molar-refractivity contribution is 7.97. The first-order valence-electron chi connectivity index (χ1n) is 8.51. The Kier molecular flexibility index (Phi) is 7.59. The molecule has 1 aromatic carbocycles. The van der Waals surface area contributed by atoms with Gasteiger partial charge in [0.2, 0.25) is 0 Å². The lowest BCUT2D eigenvalue weighted by atomic mass is 10.0. The van der Waals surface area contributed by atoms with Crippen molar-refractivity contribution >= 4 is 29.3 Å². The van der Waals surface area contributed by atoms with Gasteiger partial charge in [-0.1, -0.05) is 18.6 Å². The van der Waals surface area contributed by atoms with Crippen LogP contribution in [-0.2, 0) is 15.3 Å². The highest BCUT2D eigenvalue weighted by Crippen LogP contribution is 2.15. The summed E-state index contributed by atoms with van der Waals surface area (Å²) in [5.41, 5.74) is 1.84. The summed E-state index contributed by atoms with van der Waals surface area (Å²) in [6, 6.07) is 8.13. The molecule has 1 aromatic rings. The molecule has 0 aliphatic carbocycles. The third kappa shape index (κ3) is 5.83. The van der Waals surface area contributed by atoms with Gasteiger partial charge >= 0.3 is 11.8 Å². The number of hydrogen-bond acceptors (Lipinski definition) is 4. The highest BCUT2D eigenvalue weighted by Gasteiger charge is 2.18. The van der Waals surface area contributed by atoms with E-state index >= 15 is 0 Å². The molecule has 1 atom stereocenters. The second-order valence-electron chi connectivity index (χ2n) is 6.22. The second-order valence-corrected chi connectivity index (χ2v) is 7.09. The third-order valence-corrected chi connectivity index (χ3v) is 4.98. The normalized spacial score (nSPS) is 18.2. The second kappa shape index (κ2) is 9.69. The van der Waals surface area contributed by atoms with E-state index in [-0.39, 0.29) is 0 Å². The summed E-state index contributed by atoms with van der Waals surface area (Å²) in [6.07, 6.45) is 5.75. The lowest BCUT2D eigenvalue weighted by molar-refractivity contribution is -0.136. The van der Waals surface area contributed by atoms with Gasteiger partial charge in [-0.05, 0) is 50.3 Å². The van der Waals surface area contributed by atoms with E-state index in [9.17, 15) is 9.59 Å². The quantitative estimate of drug-likeness (QED) is 0.775. The molecule has 2 amide bonds. The molecule has 1 aliphatic rings. The van der Waals surface area contributed by atoms with E-state index in [1.807, 2.05) is 30.5 Å². The molecule has 24 heavy (non-hydrogen) atoms. The van der Waals surface area contributed by atoms with Gasteiger partial charge in [0.1, 0.15) is 0 Å². The van der Waals surface area contributed by atoms with Crippen molar-refractivity contribution in [1.82, 2.24) is 10.2 Å². The number of rotatable bonds is 6. The minimum absolute atomic E-state index is 0.503. The van der Waals surface area contributed by atoms with Gasteiger partial charge in [0.25, 0.3) is 0 Å². The number of amides is 2. The van der Waals surface area contributed by atoms with Crippen molar-refractivity contribution in [2.24, 2.45) is 0 Å². The molecular formula is C18H27N3O2S. The van der Waals surface area contributed by atoms with E-state index in [0.717, 1.165) is 18.8 Å². The fourth-order valence-electron chi connectivity index (χ4n) is 2.92. The summed E-state index contributed by atoms with van der Waals surface area (Å²) in [7, 11) is 0. The SMILES string of the molecule is CSCc1ccc(NC(=O)C(=O)NCCN2CCCCC2C)cc1. The molecular weight excluding hydrogens is 322 g/mol. The summed E-state index contributed by atoms with van der Waals surface area (Å²) in [5, 5.41) is 5.34. The van der Waals surface area contributed by atoms with E-state index in [1.165, 1.54) is 24.8 Å². The van der Waals surface area contributed by atoms with Crippen molar-refractivity contribution in [3.05, 3.63) is 29.8 Å². The first-order valence-corrected chi connectivity index (χ1v) is 9.90. The molecule has 0 aromatic heterocycles. The van der Waals surface area contributed by atoms with Gasteiger partial charge in [-0.2, -0.15) is 11.8 Å². The molecule has 0 radical (unpaired) electrons. The Balaban J connectivity index is 1.72. The molecule has 0 bridgehead atoms. The Morgan fingerprint density at radius 2 is 1.96 bits per heavy atom. The average Bonchev–Trinajstić information content (AvgIpc) is 2.58. The smallest absolute Gasteiger partial charge is 0.313 e. The monoisotopic (exact) mass is 349 g/mol. The number of piperidine rings is 1. The number of hydrogen-bond donors (Lipinski definition) is 2. The number of carbonyl (C=O) groups is 2. The Morgan fingerprint density at radius 1 is 1.21 bits per heavy atom. The summed E-state index contributed by atoms with van der Waals surface area (Å²) in [4.78, 5) is 26.2. The summed E-state index contributed by atoms with van der Waals surface area (Å²) < 4.78 is 0. The number of likely N-dealkylation sites (tertiary alicyclic amines) is 1. The minimum atomic E-state index is -0.612. The molecule has 6 heteroatoms. The average molecular weight is 350 g/mol. The fraction of sp³-hybridized carbons (Fsp3) is 0.556. The standard InChI is InChI=1S/C18H27N3O2S/c1-14-5-3-4-11-21(14)12-10-19-17(22)18(23)20-16-8-6-15(7-9-16)13-24-2/h6-9,14H,3-5,10-13H2,1-2H3,(H,19,22)(H,20,23). The number of anilines is 1. The van der Waals surface area contributed by atoms with Crippen molar-refractivity contribution in [2.45, 2.75) is 38.0 Å². The van der Waals surface area contributed by atoms with Crippen molar-refractivity contribution in [1.29, 1.82) is 0 Å². The molecule has 1 heterocycles. The van der Waals surface area contributed by atoms with Crippen molar-refractivity contribution in [3.8, 4) is 0 Å². The van der Waals surface area contributed by atoms with E-state index < -0.39 is 11.8 Å². The van der Waals surface area contributed by atoms with Gasteiger partial charge in [0.15, 0.2) is 0 Å². The summed E-state index contributed by atoms with van der Waals surface area (Å²) in [6.45, 7) is 4.59. The van der Waals surface area contributed by atoms with Gasteiger partial charge in [-0.15, -0.1) is 0 Å². The van der Waals surface area contributed by atoms with Crippen LogP contribution >= 0.6 is 11.8 Å². The Bertz CT molecular complexity index is 548. The van der Waals surface area contributed by atoms with Crippen LogP contribution in [0.4, 0.5) is 5.69 Å². The summed E-state index contributed by atoms with van der Waals surface area (Å²) >= 11 is 1.74. The van der Waals surface area contributed by atoms with Crippen LogP contribution in [0.5, 0.6) is 0 Å². The maximum Gasteiger partial charge on any atom is 0.313 e. The molecule has 1 saturated heterocycles. The molecule has 2 N–H and O–H groups in total. The number of benzene rings is 1. The number of carbonyl (C=O) groups excluding carboxylic acids is 2. The van der Waals surface area contributed by atoms with Gasteiger partial charge in [-0.25, -0.2) is 0 Å². The van der Waals surface area contributed by atoms with Gasteiger partial charge in [0.05, 0.1) is 0 Å². The molecule has 0 spiro atoms. The van der Waals surface area contributed by atoms with Crippen LogP contribution in [0.3, 0.4) is 0 Å². The predicted molar refractivity (Wildman–Crippen MR) is 100 cm³/mol. The lowest BCUT2D eigenvalue weighted by Crippen LogP contribution is -2.44. The van der Waals surface area contributed by atoms with Crippen LogP contribution in [0.2, 0.25) is 0 Å². The van der Waals surface area contributed by atoms with Crippen LogP contribution < -0.4 is 10.6 Å². The molecule has 5 nitrogen and oxygen atoms in total. The van der Waals surface area contributed by atoms with Crippen molar-refractivity contribution < 1.29 is 9.59 Å². The van der Waals surface area contributed by atoms with Crippen LogP contribution in [0.25, 0.3) is 0 Å². The lowest BCUT2D eigenvalue weighted by Gasteiger charge is -2.33. The minimum Gasteiger partial charge on any atom is -0.347 e. The fourth-order valence-corrected chi connectivity index (χ4v) is 3.45. The van der Waals surface area contributed by atoms with Crippen molar-refractivity contribution in [3.63, 3.8) is 0 Å². The number of nitrogens with zero attached hydrogens (tertiary/aromatic N) is 1. The van der Waals surface area contributed by atoms with E-state index in [4.69, 9.17) is 0 Å². The van der Waals surface area contributed by atoms with Crippen LogP contribution in [0.1, 0.15) is 31.7 Å². The molecule has 132 valence electrons. The number of thioether (sulfide) groups is 1. The topological polar surface area (TPSA) is 61.4 Å². The first-order chi connectivity index (χ1) is 11.6. The van der Waals surface area contributed by atoms with Crippen LogP contribution in [0, 0.1) is 0 Å². The van der Waals surface area contributed by atoms with E-state index in [0.29, 0.717) is 18.3 Å². The zero-order valence-electron chi connectivity index (χ0n) is 14.5. The first kappa shape index (κ1) is 18.8. The maximum atomic E-state index is 11.9. The van der Waals surface area contributed by atoms with Crippen LogP contribution in [-0.4, -0.2) is 48.6 Å². The molecule has 1 fully saturated rings. The largest absolute Gasteiger partial charge is 0.347 e. The third-order valence-electron chi connectivity index (χ3n) is 4.35. The predicted octanol–water partition coefficient (Wildman–Crippen LogP) is 2.48. The molecule has 1 aliphatic heterocycles. The van der Waals surface area contributed by atoms with Gasteiger partial charge in [-0.3, -0.25) is 14.5 Å². The van der Waals surface area contributed by atoms with Gasteiger partial charge in [0, 0.05) is 30.6 Å². The highest BCUT2D eigenvalue weighted by atomic mass is 32.2. The molecule has 2 rings (SSSR count). The molecule has 1 unspecified atom stereocenters. The maximum absolute atomic E-state index is 11.9. The Hall–Kier alpha value is -1.53. The zero-order chi connectivity index (χ0) is 17.4. The summed E-state index contributed by atoms with van der Waals surface area (Å²) in [5.74, 6) is -0.254. The van der Waals surface area contributed by atoms with Crippen molar-refractivity contribution in [2.75, 3.05) is 31.2 Å². The Morgan fingerprint density at radius 3 is 2.62 bits per heavy atom. The van der Waals surface area contributed by atoms with Crippen LogP contribution in [0.15, 0.2) is 24.3 Å². The zero-order valence-corrected chi connectivity index (χ0v) is 15.3. The van der Waals surface area contributed by atoms with E-state index in [2.05, 4.69) is 22.5 Å². The molecule has 0 saturated carbocycles. The Labute approximate surface area is 148 Å².